The fourth-order valence-corrected chi connectivity index (χ4v) is 5.21. The van der Waals surface area contributed by atoms with Crippen LogP contribution in [0.3, 0.4) is 0 Å². The van der Waals surface area contributed by atoms with Crippen LogP contribution in [0.5, 0.6) is 0 Å². The Kier molecular flexibility index (Phi) is 5.46. The van der Waals surface area contributed by atoms with Crippen LogP contribution in [0.1, 0.15) is 35.6 Å². The average molecular weight is 450 g/mol. The highest BCUT2D eigenvalue weighted by molar-refractivity contribution is 7.22. The summed E-state index contributed by atoms with van der Waals surface area (Å²) in [4.78, 5) is 20.0. The van der Waals surface area contributed by atoms with Crippen molar-refractivity contribution in [2.45, 2.75) is 40.2 Å². The molecule has 4 aromatic rings. The first-order valence-corrected chi connectivity index (χ1v) is 11.8. The van der Waals surface area contributed by atoms with E-state index in [9.17, 15) is 4.79 Å². The molecule has 1 fully saturated rings. The lowest BCUT2D eigenvalue weighted by molar-refractivity contribution is -0.125. The van der Waals surface area contributed by atoms with Crippen molar-refractivity contribution in [3.63, 3.8) is 0 Å². The van der Waals surface area contributed by atoms with Gasteiger partial charge >= 0.3 is 0 Å². The van der Waals surface area contributed by atoms with E-state index in [0.717, 1.165) is 57.8 Å². The van der Waals surface area contributed by atoms with E-state index in [-0.39, 0.29) is 11.8 Å². The number of furan rings is 1. The fraction of sp³-hybridized carbons (Fsp3) is 0.375. The monoisotopic (exact) mass is 449 g/mol. The number of hydrogen-bond donors (Lipinski definition) is 1. The highest BCUT2D eigenvalue weighted by Gasteiger charge is 2.28. The van der Waals surface area contributed by atoms with Gasteiger partial charge in [-0.3, -0.25) is 4.79 Å². The molecule has 3 aromatic heterocycles. The predicted octanol–water partition coefficient (Wildman–Crippen LogP) is 4.53. The fourth-order valence-electron chi connectivity index (χ4n) is 4.19. The number of aryl methyl sites for hydroxylation is 3. The molecule has 5 rings (SSSR count). The summed E-state index contributed by atoms with van der Waals surface area (Å²) in [7, 11) is 0. The Hall–Kier alpha value is -3.13. The number of aromatic nitrogens is 3. The Labute approximate surface area is 191 Å². The summed E-state index contributed by atoms with van der Waals surface area (Å²) in [5.41, 5.74) is 4.08. The maximum atomic E-state index is 12.8. The van der Waals surface area contributed by atoms with E-state index in [1.165, 1.54) is 5.56 Å². The number of benzene rings is 1. The van der Waals surface area contributed by atoms with Gasteiger partial charge in [0.15, 0.2) is 10.8 Å². The third kappa shape index (κ3) is 4.02. The van der Waals surface area contributed by atoms with Gasteiger partial charge in [0.2, 0.25) is 5.91 Å². The molecule has 1 saturated heterocycles. The van der Waals surface area contributed by atoms with Crippen molar-refractivity contribution in [1.29, 1.82) is 0 Å². The van der Waals surface area contributed by atoms with E-state index in [1.54, 1.807) is 11.3 Å². The Bertz CT molecular complexity index is 1250. The summed E-state index contributed by atoms with van der Waals surface area (Å²) in [6.07, 6.45) is 1.86. The van der Waals surface area contributed by atoms with Gasteiger partial charge in [-0.25, -0.2) is 4.68 Å². The van der Waals surface area contributed by atoms with Crippen LogP contribution in [-0.2, 0) is 11.3 Å². The number of nitrogens with one attached hydrogen (secondary N) is 1. The summed E-state index contributed by atoms with van der Waals surface area (Å²) in [6.45, 7) is 8.02. The lowest BCUT2D eigenvalue weighted by Gasteiger charge is -2.31. The molecule has 1 unspecified atom stereocenters. The number of carbonyl (C=O) groups is 1. The molecule has 1 aliphatic heterocycles. The highest BCUT2D eigenvalue weighted by Crippen LogP contribution is 2.34. The number of hydrogen-bond acceptors (Lipinski definition) is 6. The first kappa shape index (κ1) is 20.8. The van der Waals surface area contributed by atoms with Crippen molar-refractivity contribution in [2.24, 2.45) is 5.92 Å². The number of amides is 1. The zero-order valence-corrected chi connectivity index (χ0v) is 19.4. The van der Waals surface area contributed by atoms with E-state index in [1.807, 2.05) is 30.7 Å². The summed E-state index contributed by atoms with van der Waals surface area (Å²) in [6, 6.07) is 12.1. The molecule has 7 nitrogen and oxygen atoms in total. The van der Waals surface area contributed by atoms with Crippen molar-refractivity contribution in [3.05, 3.63) is 59.2 Å². The first-order chi connectivity index (χ1) is 15.5. The molecule has 166 valence electrons. The first-order valence-electron chi connectivity index (χ1n) is 11.0. The molecule has 0 saturated carbocycles. The Morgan fingerprint density at radius 3 is 2.75 bits per heavy atom. The highest BCUT2D eigenvalue weighted by atomic mass is 32.1. The van der Waals surface area contributed by atoms with Gasteiger partial charge < -0.3 is 14.6 Å². The van der Waals surface area contributed by atoms with Crippen molar-refractivity contribution >= 4 is 32.7 Å². The van der Waals surface area contributed by atoms with Crippen LogP contribution in [0.4, 0.5) is 5.13 Å². The number of thiazole rings is 1. The molecule has 1 aromatic carbocycles. The molecule has 0 bridgehead atoms. The van der Waals surface area contributed by atoms with Crippen LogP contribution >= 0.6 is 11.3 Å². The van der Waals surface area contributed by atoms with Crippen molar-refractivity contribution in [1.82, 2.24) is 20.1 Å². The van der Waals surface area contributed by atoms with Gasteiger partial charge in [-0.1, -0.05) is 29.0 Å². The number of rotatable bonds is 5. The van der Waals surface area contributed by atoms with Crippen molar-refractivity contribution in [2.75, 3.05) is 18.0 Å². The van der Waals surface area contributed by atoms with Crippen molar-refractivity contribution < 1.29 is 9.21 Å². The van der Waals surface area contributed by atoms with E-state index in [0.29, 0.717) is 13.1 Å². The second-order valence-corrected chi connectivity index (χ2v) is 9.47. The molecule has 0 radical (unpaired) electrons. The number of carbonyl (C=O) groups excluding carboxylic acids is 1. The summed E-state index contributed by atoms with van der Waals surface area (Å²) in [5.74, 6) is 1.66. The van der Waals surface area contributed by atoms with Gasteiger partial charge in [0.1, 0.15) is 11.5 Å². The normalized spacial score (nSPS) is 16.6. The summed E-state index contributed by atoms with van der Waals surface area (Å²) >= 11 is 1.66. The minimum absolute atomic E-state index is 0.0542. The topological polar surface area (TPSA) is 76.2 Å². The number of nitrogens with zero attached hydrogens (tertiary/aromatic N) is 4. The summed E-state index contributed by atoms with van der Waals surface area (Å²) in [5, 5.41) is 8.70. The molecule has 0 aliphatic carbocycles. The Morgan fingerprint density at radius 2 is 2.00 bits per heavy atom. The lowest BCUT2D eigenvalue weighted by atomic mass is 9.97. The predicted molar refractivity (Wildman–Crippen MR) is 126 cm³/mol. The molecular weight excluding hydrogens is 422 g/mol. The molecule has 1 amide bonds. The molecular formula is C24H27N5O2S. The minimum Gasteiger partial charge on any atom is -0.465 e. The van der Waals surface area contributed by atoms with Crippen LogP contribution in [0.2, 0.25) is 0 Å². The summed E-state index contributed by atoms with van der Waals surface area (Å²) < 4.78 is 8.58. The van der Waals surface area contributed by atoms with Gasteiger partial charge in [0.05, 0.1) is 28.5 Å². The van der Waals surface area contributed by atoms with Crippen LogP contribution in [0, 0.1) is 26.7 Å². The van der Waals surface area contributed by atoms with Gasteiger partial charge in [0, 0.05) is 13.1 Å². The maximum absolute atomic E-state index is 12.8. The zero-order valence-electron chi connectivity index (χ0n) is 18.6. The minimum atomic E-state index is -0.0542. The van der Waals surface area contributed by atoms with Crippen molar-refractivity contribution in [3.8, 4) is 5.69 Å². The number of anilines is 1. The van der Waals surface area contributed by atoms with Gasteiger partial charge in [-0.15, -0.1) is 0 Å². The molecule has 1 aliphatic rings. The molecule has 8 heteroatoms. The smallest absolute Gasteiger partial charge is 0.225 e. The largest absolute Gasteiger partial charge is 0.465 e. The second-order valence-electron chi connectivity index (χ2n) is 8.50. The molecule has 1 N–H and O–H groups in total. The standard InChI is InChI=1S/C24H27N5O2S/c1-15-6-9-19(10-7-15)29-22-21(17(3)27-29)32-24(26-22)28-12-4-5-18(14-28)23(30)25-13-20-11-8-16(2)31-20/h6-11,18H,4-5,12-14H2,1-3H3,(H,25,30). The van der Waals surface area contributed by atoms with Gasteiger partial charge in [-0.05, 0) is 57.9 Å². The van der Waals surface area contributed by atoms with Crippen LogP contribution in [-0.4, -0.2) is 33.8 Å². The second kappa shape index (κ2) is 8.43. The molecule has 1 atom stereocenters. The Balaban J connectivity index is 1.33. The number of piperidine rings is 1. The van der Waals surface area contributed by atoms with E-state index < -0.39 is 0 Å². The lowest BCUT2D eigenvalue weighted by Crippen LogP contribution is -2.42. The quantitative estimate of drug-likeness (QED) is 0.484. The SMILES string of the molecule is Cc1ccc(-n2nc(C)c3sc(N4CCCC(C(=O)NCc5ccc(C)o5)C4)nc32)cc1. The Morgan fingerprint density at radius 1 is 1.19 bits per heavy atom. The average Bonchev–Trinajstić information content (AvgIpc) is 3.49. The van der Waals surface area contributed by atoms with Gasteiger partial charge in [-0.2, -0.15) is 10.1 Å². The third-order valence-corrected chi connectivity index (χ3v) is 7.17. The van der Waals surface area contributed by atoms with Gasteiger partial charge in [0.25, 0.3) is 0 Å². The van der Waals surface area contributed by atoms with E-state index in [2.05, 4.69) is 41.4 Å². The maximum Gasteiger partial charge on any atom is 0.225 e. The van der Waals surface area contributed by atoms with Crippen LogP contribution in [0.25, 0.3) is 16.0 Å². The van der Waals surface area contributed by atoms with Crippen LogP contribution in [0.15, 0.2) is 40.8 Å². The molecule has 4 heterocycles. The number of fused-ring (bicyclic) bond motifs is 1. The van der Waals surface area contributed by atoms with E-state index >= 15 is 0 Å². The third-order valence-electron chi connectivity index (χ3n) is 5.95. The van der Waals surface area contributed by atoms with E-state index in [4.69, 9.17) is 14.5 Å². The molecule has 0 spiro atoms. The zero-order chi connectivity index (χ0) is 22.2. The van der Waals surface area contributed by atoms with Crippen LogP contribution < -0.4 is 10.2 Å². The molecule has 32 heavy (non-hydrogen) atoms.